The van der Waals surface area contributed by atoms with E-state index in [9.17, 15) is 14.0 Å². The summed E-state index contributed by atoms with van der Waals surface area (Å²) in [6.07, 6.45) is 2.46. The van der Waals surface area contributed by atoms with Crippen molar-refractivity contribution in [1.29, 1.82) is 0 Å². The molecule has 0 N–H and O–H groups in total. The number of carbonyl (C=O) groups excluding carboxylic acids is 2. The Morgan fingerprint density at radius 1 is 1.33 bits per heavy atom. The molecule has 0 bridgehead atoms. The minimum Gasteiger partial charge on any atom is -0.466 e. The van der Waals surface area contributed by atoms with Crippen LogP contribution >= 0.6 is 0 Å². The molecule has 3 nitrogen and oxygen atoms in total. The molecule has 15 heavy (non-hydrogen) atoms. The average molecular weight is 208 g/mol. The van der Waals surface area contributed by atoms with Crippen LogP contribution in [0.1, 0.15) is 15.9 Å². The van der Waals surface area contributed by atoms with Crippen LogP contribution in [0.5, 0.6) is 0 Å². The Balaban J connectivity index is 2.99. The first kappa shape index (κ1) is 11.1. The number of hydrogen-bond donors (Lipinski definition) is 0. The van der Waals surface area contributed by atoms with Gasteiger partial charge in [-0.3, -0.25) is 4.79 Å². The van der Waals surface area contributed by atoms with Crippen molar-refractivity contribution in [1.82, 2.24) is 0 Å². The molecule has 0 saturated carbocycles. The Bertz CT molecular complexity index is 410. The predicted molar refractivity (Wildman–Crippen MR) is 52.9 cm³/mol. The van der Waals surface area contributed by atoms with Gasteiger partial charge in [-0.15, -0.1) is 0 Å². The van der Waals surface area contributed by atoms with Gasteiger partial charge in [-0.2, -0.15) is 4.39 Å². The third-order valence-corrected chi connectivity index (χ3v) is 1.77. The van der Waals surface area contributed by atoms with Gasteiger partial charge in [0.25, 0.3) is 0 Å². The summed E-state index contributed by atoms with van der Waals surface area (Å²) in [5.41, 5.74) is 0.271. The molecule has 0 saturated heterocycles. The molecule has 0 atom stereocenters. The lowest BCUT2D eigenvalue weighted by molar-refractivity contribution is -0.134. The molecule has 0 amide bonds. The Hall–Kier alpha value is -1.97. The number of hydrogen-bond acceptors (Lipinski definition) is 3. The van der Waals surface area contributed by atoms with Crippen molar-refractivity contribution in [3.8, 4) is 0 Å². The van der Waals surface area contributed by atoms with Gasteiger partial charge in [-0.05, 0) is 17.7 Å². The van der Waals surface area contributed by atoms with Crippen LogP contribution in [0.2, 0.25) is 0 Å². The summed E-state index contributed by atoms with van der Waals surface area (Å²) in [5.74, 6) is -0.559. The molecule has 0 radical (unpaired) electrons. The standard InChI is InChI=1S/C11H9FO3/c1-15-10(13)7-6-8-4-2-3-5-9(8)11(12)14/h2-7H,1H3. The van der Waals surface area contributed by atoms with Gasteiger partial charge < -0.3 is 4.74 Å². The highest BCUT2D eigenvalue weighted by Crippen LogP contribution is 2.12. The van der Waals surface area contributed by atoms with Crippen LogP contribution in [0.15, 0.2) is 30.3 Å². The van der Waals surface area contributed by atoms with E-state index in [1.807, 2.05) is 0 Å². The monoisotopic (exact) mass is 208 g/mol. The van der Waals surface area contributed by atoms with Gasteiger partial charge in [-0.25, -0.2) is 4.79 Å². The molecule has 0 heterocycles. The fourth-order valence-corrected chi connectivity index (χ4v) is 1.05. The van der Waals surface area contributed by atoms with Gasteiger partial charge in [-0.1, -0.05) is 18.2 Å². The van der Waals surface area contributed by atoms with Crippen LogP contribution in [-0.4, -0.2) is 19.1 Å². The molecule has 78 valence electrons. The average Bonchev–Trinajstić information content (AvgIpc) is 2.26. The largest absolute Gasteiger partial charge is 0.466 e. The van der Waals surface area contributed by atoms with Gasteiger partial charge in [0.2, 0.25) is 0 Å². The van der Waals surface area contributed by atoms with E-state index in [-0.39, 0.29) is 5.56 Å². The maximum Gasteiger partial charge on any atom is 0.332 e. The highest BCUT2D eigenvalue weighted by molar-refractivity contribution is 5.95. The summed E-state index contributed by atoms with van der Waals surface area (Å²) < 4.78 is 16.9. The van der Waals surface area contributed by atoms with Crippen molar-refractivity contribution in [3.05, 3.63) is 41.5 Å². The lowest BCUT2D eigenvalue weighted by Gasteiger charge is -1.98. The van der Waals surface area contributed by atoms with Crippen LogP contribution in [-0.2, 0) is 9.53 Å². The van der Waals surface area contributed by atoms with Crippen molar-refractivity contribution in [2.45, 2.75) is 0 Å². The van der Waals surface area contributed by atoms with E-state index in [0.29, 0.717) is 5.56 Å². The molecule has 0 aromatic heterocycles. The maximum atomic E-state index is 12.5. The van der Waals surface area contributed by atoms with E-state index in [1.165, 1.54) is 25.3 Å². The zero-order valence-corrected chi connectivity index (χ0v) is 8.07. The van der Waals surface area contributed by atoms with Gasteiger partial charge in [0.05, 0.1) is 12.7 Å². The lowest BCUT2D eigenvalue weighted by atomic mass is 10.1. The molecular formula is C11H9FO3. The Kier molecular flexibility index (Phi) is 3.74. The Labute approximate surface area is 86.2 Å². The minimum atomic E-state index is -1.53. The second kappa shape index (κ2) is 5.05. The number of carbonyl (C=O) groups is 2. The Morgan fingerprint density at radius 3 is 2.60 bits per heavy atom. The van der Waals surface area contributed by atoms with E-state index in [2.05, 4.69) is 4.74 Å². The van der Waals surface area contributed by atoms with Gasteiger partial charge >= 0.3 is 12.0 Å². The highest BCUT2D eigenvalue weighted by Gasteiger charge is 2.07. The van der Waals surface area contributed by atoms with E-state index in [0.717, 1.165) is 6.08 Å². The van der Waals surface area contributed by atoms with Gasteiger partial charge in [0, 0.05) is 6.08 Å². The summed E-state index contributed by atoms with van der Waals surface area (Å²) >= 11 is 0. The van der Waals surface area contributed by atoms with Gasteiger partial charge in [0.15, 0.2) is 0 Å². The summed E-state index contributed by atoms with van der Waals surface area (Å²) in [7, 11) is 1.24. The van der Waals surface area contributed by atoms with Crippen LogP contribution in [0.25, 0.3) is 6.08 Å². The van der Waals surface area contributed by atoms with E-state index in [1.54, 1.807) is 12.1 Å². The number of methoxy groups -OCH3 is 1. The van der Waals surface area contributed by atoms with Crippen molar-refractivity contribution < 1.29 is 18.7 Å². The van der Waals surface area contributed by atoms with Crippen LogP contribution in [0.4, 0.5) is 4.39 Å². The van der Waals surface area contributed by atoms with Crippen molar-refractivity contribution in [2.75, 3.05) is 7.11 Å². The molecular weight excluding hydrogens is 199 g/mol. The SMILES string of the molecule is COC(=O)C=Cc1ccccc1C(=O)F. The van der Waals surface area contributed by atoms with Crippen LogP contribution in [0.3, 0.4) is 0 Å². The normalized spacial score (nSPS) is 10.3. The molecule has 0 aliphatic carbocycles. The number of ether oxygens (including phenoxy) is 1. The van der Waals surface area contributed by atoms with Crippen molar-refractivity contribution in [2.24, 2.45) is 0 Å². The zero-order chi connectivity index (χ0) is 11.3. The smallest absolute Gasteiger partial charge is 0.332 e. The summed E-state index contributed by atoms with van der Waals surface area (Å²) in [6.45, 7) is 0. The molecule has 1 aromatic rings. The number of benzene rings is 1. The van der Waals surface area contributed by atoms with Crippen LogP contribution in [0, 0.1) is 0 Å². The number of rotatable bonds is 3. The molecule has 1 aromatic carbocycles. The van der Waals surface area contributed by atoms with Gasteiger partial charge in [0.1, 0.15) is 0 Å². The molecule has 0 spiro atoms. The number of halogens is 1. The lowest BCUT2D eigenvalue weighted by Crippen LogP contribution is -1.96. The van der Waals surface area contributed by atoms with Crippen molar-refractivity contribution in [3.63, 3.8) is 0 Å². The number of esters is 1. The van der Waals surface area contributed by atoms with E-state index < -0.39 is 12.0 Å². The first-order valence-electron chi connectivity index (χ1n) is 4.20. The first-order valence-corrected chi connectivity index (χ1v) is 4.20. The summed E-state index contributed by atoms with van der Waals surface area (Å²) in [4.78, 5) is 21.3. The molecule has 0 aliphatic rings. The third-order valence-electron chi connectivity index (χ3n) is 1.77. The molecule has 4 heteroatoms. The van der Waals surface area contributed by atoms with E-state index >= 15 is 0 Å². The van der Waals surface area contributed by atoms with E-state index in [4.69, 9.17) is 0 Å². The molecule has 0 fully saturated rings. The predicted octanol–water partition coefficient (Wildman–Crippen LogP) is 1.98. The second-order valence-corrected chi connectivity index (χ2v) is 2.72. The zero-order valence-electron chi connectivity index (χ0n) is 8.07. The quantitative estimate of drug-likeness (QED) is 0.433. The highest BCUT2D eigenvalue weighted by atomic mass is 19.1. The second-order valence-electron chi connectivity index (χ2n) is 2.72. The third kappa shape index (κ3) is 3.02. The maximum absolute atomic E-state index is 12.5. The molecule has 0 aliphatic heterocycles. The molecule has 1 rings (SSSR count). The summed E-state index contributed by atoms with van der Waals surface area (Å²) in [6, 6.07) is 4.54. The molecule has 0 unspecified atom stereocenters. The fourth-order valence-electron chi connectivity index (χ4n) is 1.05. The fraction of sp³-hybridized carbons (Fsp3) is 0.0909. The topological polar surface area (TPSA) is 43.4 Å². The summed E-state index contributed by atoms with van der Waals surface area (Å²) in [5, 5.41) is 0. The first-order chi connectivity index (χ1) is 7.15. The van der Waals surface area contributed by atoms with Crippen LogP contribution < -0.4 is 0 Å². The Morgan fingerprint density at radius 2 is 2.00 bits per heavy atom. The minimum absolute atomic E-state index is 0.0716. The van der Waals surface area contributed by atoms with Crippen molar-refractivity contribution >= 4 is 18.1 Å².